The van der Waals surface area contributed by atoms with Gasteiger partial charge in [0.2, 0.25) is 0 Å². The van der Waals surface area contributed by atoms with Gasteiger partial charge in [0.1, 0.15) is 5.82 Å². The van der Waals surface area contributed by atoms with Gasteiger partial charge >= 0.3 is 0 Å². The van der Waals surface area contributed by atoms with Crippen molar-refractivity contribution in [2.24, 2.45) is 0 Å². The number of nitrogens with two attached hydrogens (primary N) is 1. The Morgan fingerprint density at radius 1 is 1.09 bits per heavy atom. The van der Waals surface area contributed by atoms with Gasteiger partial charge in [-0.05, 0) is 55.3 Å². The Kier molecular flexibility index (Phi) is 3.96. The quantitative estimate of drug-likeness (QED) is 0.855. The third-order valence-electron chi connectivity index (χ3n) is 3.84. The molecule has 0 saturated carbocycles. The fourth-order valence-electron chi connectivity index (χ4n) is 2.68. The maximum Gasteiger partial charge on any atom is 0.255 e. The average Bonchev–Trinajstić information content (AvgIpc) is 3.02. The topological polar surface area (TPSA) is 58.4 Å². The molecule has 0 aliphatic carbocycles. The van der Waals surface area contributed by atoms with Gasteiger partial charge in [0.05, 0.1) is 11.4 Å². The van der Waals surface area contributed by atoms with Crippen LogP contribution in [0.3, 0.4) is 0 Å². The molecule has 0 radical (unpaired) electrons. The van der Waals surface area contributed by atoms with Gasteiger partial charge in [0.25, 0.3) is 5.91 Å². The van der Waals surface area contributed by atoms with Crippen molar-refractivity contribution in [3.05, 3.63) is 53.8 Å². The first kappa shape index (κ1) is 14.4. The Balaban J connectivity index is 1.73. The summed E-state index contributed by atoms with van der Waals surface area (Å²) in [5.41, 5.74) is 8.80. The molecule has 3 rings (SSSR count). The smallest absolute Gasteiger partial charge is 0.255 e. The summed E-state index contributed by atoms with van der Waals surface area (Å²) in [5.74, 6) is -0.649. The van der Waals surface area contributed by atoms with Crippen molar-refractivity contribution in [3.63, 3.8) is 0 Å². The van der Waals surface area contributed by atoms with Crippen LogP contribution in [0.4, 0.5) is 21.5 Å². The van der Waals surface area contributed by atoms with Crippen molar-refractivity contribution >= 4 is 23.0 Å². The van der Waals surface area contributed by atoms with Crippen LogP contribution in [0.15, 0.2) is 42.5 Å². The molecule has 114 valence electrons. The molecule has 2 aromatic rings. The van der Waals surface area contributed by atoms with Crippen molar-refractivity contribution in [1.29, 1.82) is 0 Å². The molecule has 1 amide bonds. The number of amides is 1. The first-order valence-electron chi connectivity index (χ1n) is 7.35. The highest BCUT2D eigenvalue weighted by atomic mass is 19.1. The Bertz CT molecular complexity index is 679. The van der Waals surface area contributed by atoms with Crippen LogP contribution in [-0.4, -0.2) is 19.0 Å². The maximum absolute atomic E-state index is 12.9. The van der Waals surface area contributed by atoms with Crippen molar-refractivity contribution in [2.75, 3.05) is 29.0 Å². The normalized spacial score (nSPS) is 14.1. The number of rotatable bonds is 3. The van der Waals surface area contributed by atoms with Crippen LogP contribution in [0, 0.1) is 5.82 Å². The number of hydrogen-bond donors (Lipinski definition) is 2. The largest absolute Gasteiger partial charge is 0.397 e. The Hall–Kier alpha value is -2.56. The van der Waals surface area contributed by atoms with E-state index in [2.05, 4.69) is 10.2 Å². The van der Waals surface area contributed by atoms with E-state index in [1.807, 2.05) is 12.1 Å². The molecule has 4 nitrogen and oxygen atoms in total. The molecule has 3 N–H and O–H groups in total. The lowest BCUT2D eigenvalue weighted by molar-refractivity contribution is 0.102. The zero-order valence-electron chi connectivity index (χ0n) is 12.2. The fraction of sp³-hybridized carbons (Fsp3) is 0.235. The van der Waals surface area contributed by atoms with Crippen LogP contribution in [-0.2, 0) is 0 Å². The number of halogens is 1. The van der Waals surface area contributed by atoms with E-state index in [1.165, 1.54) is 37.1 Å². The maximum atomic E-state index is 12.9. The number of carbonyl (C=O) groups excluding carboxylic acids is 1. The number of nitrogens with zero attached hydrogens (tertiary/aromatic N) is 1. The predicted molar refractivity (Wildman–Crippen MR) is 86.7 cm³/mol. The SMILES string of the molecule is Nc1cc(NC(=O)c2ccc(F)cc2)ccc1N1CCCC1. The molecular formula is C17H18FN3O. The van der Waals surface area contributed by atoms with Gasteiger partial charge in [0, 0.05) is 24.3 Å². The minimum absolute atomic E-state index is 0.284. The van der Waals surface area contributed by atoms with Gasteiger partial charge in [-0.15, -0.1) is 0 Å². The second-order valence-corrected chi connectivity index (χ2v) is 5.43. The molecule has 0 aromatic heterocycles. The van der Waals surface area contributed by atoms with Crippen LogP contribution < -0.4 is 16.0 Å². The molecule has 22 heavy (non-hydrogen) atoms. The van der Waals surface area contributed by atoms with Crippen LogP contribution in [0.5, 0.6) is 0 Å². The number of anilines is 3. The van der Waals surface area contributed by atoms with E-state index >= 15 is 0 Å². The van der Waals surface area contributed by atoms with E-state index in [1.54, 1.807) is 6.07 Å². The first-order valence-corrected chi connectivity index (χ1v) is 7.35. The summed E-state index contributed by atoms with van der Waals surface area (Å²) in [6.07, 6.45) is 2.37. The van der Waals surface area contributed by atoms with Gasteiger partial charge in [-0.25, -0.2) is 4.39 Å². The van der Waals surface area contributed by atoms with Crippen LogP contribution >= 0.6 is 0 Å². The Morgan fingerprint density at radius 3 is 2.41 bits per heavy atom. The summed E-state index contributed by atoms with van der Waals surface area (Å²) in [6.45, 7) is 2.04. The molecular weight excluding hydrogens is 281 g/mol. The highest BCUT2D eigenvalue weighted by molar-refractivity contribution is 6.04. The van der Waals surface area contributed by atoms with Gasteiger partial charge in [-0.2, -0.15) is 0 Å². The summed E-state index contributed by atoms with van der Waals surface area (Å²) < 4.78 is 12.9. The van der Waals surface area contributed by atoms with Crippen molar-refractivity contribution < 1.29 is 9.18 Å². The molecule has 1 heterocycles. The lowest BCUT2D eigenvalue weighted by Crippen LogP contribution is -2.19. The van der Waals surface area contributed by atoms with Crippen LogP contribution in [0.25, 0.3) is 0 Å². The molecule has 0 unspecified atom stereocenters. The molecule has 0 spiro atoms. The number of carbonyl (C=O) groups is 1. The fourth-order valence-corrected chi connectivity index (χ4v) is 2.68. The van der Waals surface area contributed by atoms with Crippen LogP contribution in [0.2, 0.25) is 0 Å². The monoisotopic (exact) mass is 299 g/mol. The molecule has 1 saturated heterocycles. The molecule has 1 aliphatic rings. The Labute approximate surface area is 128 Å². The Morgan fingerprint density at radius 2 is 1.77 bits per heavy atom. The van der Waals surface area contributed by atoms with E-state index in [0.29, 0.717) is 16.9 Å². The summed E-state index contributed by atoms with van der Waals surface area (Å²) in [4.78, 5) is 14.3. The van der Waals surface area contributed by atoms with Crippen LogP contribution in [0.1, 0.15) is 23.2 Å². The third-order valence-corrected chi connectivity index (χ3v) is 3.84. The van der Waals surface area contributed by atoms with Gasteiger partial charge in [-0.3, -0.25) is 4.79 Å². The zero-order valence-corrected chi connectivity index (χ0v) is 12.2. The lowest BCUT2D eigenvalue weighted by atomic mass is 10.2. The van der Waals surface area contributed by atoms with Gasteiger partial charge in [-0.1, -0.05) is 0 Å². The number of nitrogens with one attached hydrogen (secondary N) is 1. The molecule has 2 aromatic carbocycles. The van der Waals surface area contributed by atoms with E-state index in [-0.39, 0.29) is 11.7 Å². The molecule has 1 aliphatic heterocycles. The van der Waals surface area contributed by atoms with Crippen molar-refractivity contribution in [2.45, 2.75) is 12.8 Å². The number of hydrogen-bond acceptors (Lipinski definition) is 3. The van der Waals surface area contributed by atoms with E-state index in [0.717, 1.165) is 18.8 Å². The summed E-state index contributed by atoms with van der Waals surface area (Å²) in [7, 11) is 0. The molecule has 5 heteroatoms. The summed E-state index contributed by atoms with van der Waals surface area (Å²) >= 11 is 0. The minimum Gasteiger partial charge on any atom is -0.397 e. The van der Waals surface area contributed by atoms with Crippen molar-refractivity contribution in [1.82, 2.24) is 0 Å². The molecule has 1 fully saturated rings. The standard InChI is InChI=1S/C17H18FN3O/c18-13-5-3-12(4-6-13)17(22)20-14-7-8-16(15(19)11-14)21-9-1-2-10-21/h3-8,11H,1-2,9-10,19H2,(H,20,22). The summed E-state index contributed by atoms with van der Waals surface area (Å²) in [5, 5.41) is 2.78. The van der Waals surface area contributed by atoms with Gasteiger partial charge < -0.3 is 16.0 Å². The average molecular weight is 299 g/mol. The number of benzene rings is 2. The van der Waals surface area contributed by atoms with Gasteiger partial charge in [0.15, 0.2) is 0 Å². The van der Waals surface area contributed by atoms with Crippen molar-refractivity contribution in [3.8, 4) is 0 Å². The summed E-state index contributed by atoms with van der Waals surface area (Å²) in [6, 6.07) is 11.0. The number of nitrogen functional groups attached to an aromatic ring is 1. The predicted octanol–water partition coefficient (Wildman–Crippen LogP) is 3.26. The van der Waals surface area contributed by atoms with E-state index in [4.69, 9.17) is 5.73 Å². The zero-order chi connectivity index (χ0) is 15.5. The molecule has 0 bridgehead atoms. The molecule has 0 atom stereocenters. The highest BCUT2D eigenvalue weighted by Gasteiger charge is 2.15. The minimum atomic E-state index is -0.365. The first-order chi connectivity index (χ1) is 10.6. The second kappa shape index (κ2) is 6.05. The van der Waals surface area contributed by atoms with E-state index in [9.17, 15) is 9.18 Å². The third kappa shape index (κ3) is 3.03. The highest BCUT2D eigenvalue weighted by Crippen LogP contribution is 2.29. The lowest BCUT2D eigenvalue weighted by Gasteiger charge is -2.20. The van der Waals surface area contributed by atoms with E-state index < -0.39 is 0 Å². The second-order valence-electron chi connectivity index (χ2n) is 5.43.